The molecule has 118 valence electrons. The molecule has 0 aliphatic carbocycles. The number of rotatable bonds is 7. The maximum atomic E-state index is 5.33. The number of ether oxygens (including phenoxy) is 1. The van der Waals surface area contributed by atoms with Crippen molar-refractivity contribution in [1.29, 1.82) is 0 Å². The van der Waals surface area contributed by atoms with Gasteiger partial charge in [0.2, 0.25) is 0 Å². The van der Waals surface area contributed by atoms with E-state index in [1.54, 1.807) is 7.11 Å². The highest BCUT2D eigenvalue weighted by atomic mass is 16.5. The van der Waals surface area contributed by atoms with E-state index in [0.717, 1.165) is 31.2 Å². The second-order valence-corrected chi connectivity index (χ2v) is 6.02. The molecule has 3 heteroatoms. The van der Waals surface area contributed by atoms with Crippen molar-refractivity contribution in [3.63, 3.8) is 0 Å². The Balaban J connectivity index is 1.88. The zero-order chi connectivity index (χ0) is 15.1. The number of hydrogen-bond acceptors (Lipinski definition) is 3. The molecule has 0 saturated carbocycles. The quantitative estimate of drug-likeness (QED) is 0.835. The SMILES string of the molecule is CCNCC1CCN(Cc2ccc(OC)cc2CC)CC1. The first-order valence-electron chi connectivity index (χ1n) is 8.35. The van der Waals surface area contributed by atoms with Gasteiger partial charge in [-0.05, 0) is 74.6 Å². The summed E-state index contributed by atoms with van der Waals surface area (Å²) in [6.07, 6.45) is 3.72. The van der Waals surface area contributed by atoms with Gasteiger partial charge in [-0.15, -0.1) is 0 Å². The van der Waals surface area contributed by atoms with E-state index in [1.165, 1.54) is 43.6 Å². The summed E-state index contributed by atoms with van der Waals surface area (Å²) < 4.78 is 5.33. The van der Waals surface area contributed by atoms with Gasteiger partial charge < -0.3 is 10.1 Å². The second kappa shape index (κ2) is 8.40. The first-order valence-corrected chi connectivity index (χ1v) is 8.35. The summed E-state index contributed by atoms with van der Waals surface area (Å²) in [5.74, 6) is 1.84. The third kappa shape index (κ3) is 4.72. The van der Waals surface area contributed by atoms with E-state index < -0.39 is 0 Å². The van der Waals surface area contributed by atoms with Crippen LogP contribution in [0, 0.1) is 5.92 Å². The molecule has 0 radical (unpaired) electrons. The molecule has 0 bridgehead atoms. The summed E-state index contributed by atoms with van der Waals surface area (Å²) in [5, 5.41) is 3.48. The molecule has 0 atom stereocenters. The van der Waals surface area contributed by atoms with Crippen LogP contribution < -0.4 is 10.1 Å². The molecule has 0 aromatic heterocycles. The molecule has 1 aliphatic rings. The third-order valence-electron chi connectivity index (χ3n) is 4.58. The fourth-order valence-electron chi connectivity index (χ4n) is 3.15. The van der Waals surface area contributed by atoms with Crippen molar-refractivity contribution >= 4 is 0 Å². The minimum atomic E-state index is 0.864. The van der Waals surface area contributed by atoms with Gasteiger partial charge >= 0.3 is 0 Å². The molecule has 1 aliphatic heterocycles. The molecule has 0 amide bonds. The Kier molecular flexibility index (Phi) is 6.52. The molecule has 1 N–H and O–H groups in total. The Hall–Kier alpha value is -1.06. The molecule has 1 fully saturated rings. The van der Waals surface area contributed by atoms with E-state index in [1.807, 2.05) is 0 Å². The fourth-order valence-corrected chi connectivity index (χ4v) is 3.15. The predicted octanol–water partition coefficient (Wildman–Crippen LogP) is 3.08. The lowest BCUT2D eigenvalue weighted by atomic mass is 9.95. The average Bonchev–Trinajstić information content (AvgIpc) is 2.54. The van der Waals surface area contributed by atoms with Crippen LogP contribution in [-0.4, -0.2) is 38.2 Å². The van der Waals surface area contributed by atoms with Gasteiger partial charge in [0.05, 0.1) is 7.11 Å². The summed E-state index contributed by atoms with van der Waals surface area (Å²) in [6.45, 7) is 10.2. The Labute approximate surface area is 129 Å². The van der Waals surface area contributed by atoms with Crippen LogP contribution in [-0.2, 0) is 13.0 Å². The van der Waals surface area contributed by atoms with Crippen LogP contribution in [0.3, 0.4) is 0 Å². The summed E-state index contributed by atoms with van der Waals surface area (Å²) >= 11 is 0. The monoisotopic (exact) mass is 290 g/mol. The second-order valence-electron chi connectivity index (χ2n) is 6.02. The molecule has 1 aromatic rings. The number of nitrogens with one attached hydrogen (secondary N) is 1. The molecular formula is C18H30N2O. The number of likely N-dealkylation sites (tertiary alicyclic amines) is 1. The summed E-state index contributed by atoms with van der Waals surface area (Å²) in [5.41, 5.74) is 2.88. The van der Waals surface area contributed by atoms with Crippen molar-refractivity contribution in [2.45, 2.75) is 39.7 Å². The van der Waals surface area contributed by atoms with Crippen LogP contribution in [0.4, 0.5) is 0 Å². The van der Waals surface area contributed by atoms with E-state index in [-0.39, 0.29) is 0 Å². The minimum Gasteiger partial charge on any atom is -0.497 e. The molecule has 2 rings (SSSR count). The number of piperidine rings is 1. The van der Waals surface area contributed by atoms with E-state index in [9.17, 15) is 0 Å². The van der Waals surface area contributed by atoms with Crippen molar-refractivity contribution in [3.8, 4) is 5.75 Å². The number of methoxy groups -OCH3 is 1. The van der Waals surface area contributed by atoms with E-state index in [0.29, 0.717) is 0 Å². The van der Waals surface area contributed by atoms with Crippen LogP contribution in [0.25, 0.3) is 0 Å². The van der Waals surface area contributed by atoms with Crippen molar-refractivity contribution in [2.24, 2.45) is 5.92 Å². The molecule has 3 nitrogen and oxygen atoms in total. The normalized spacial score (nSPS) is 17.1. The zero-order valence-electron chi connectivity index (χ0n) is 13.8. The van der Waals surface area contributed by atoms with Crippen LogP contribution in [0.1, 0.15) is 37.8 Å². The molecule has 21 heavy (non-hydrogen) atoms. The average molecular weight is 290 g/mol. The van der Waals surface area contributed by atoms with Gasteiger partial charge in [0.15, 0.2) is 0 Å². The van der Waals surface area contributed by atoms with Gasteiger partial charge in [0, 0.05) is 6.54 Å². The zero-order valence-corrected chi connectivity index (χ0v) is 13.8. The number of hydrogen-bond donors (Lipinski definition) is 1. The van der Waals surface area contributed by atoms with E-state index >= 15 is 0 Å². The van der Waals surface area contributed by atoms with E-state index in [4.69, 9.17) is 4.74 Å². The lowest BCUT2D eigenvalue weighted by molar-refractivity contribution is 0.175. The van der Waals surface area contributed by atoms with Gasteiger partial charge in [-0.1, -0.05) is 19.9 Å². The van der Waals surface area contributed by atoms with Gasteiger partial charge in [0.1, 0.15) is 5.75 Å². The van der Waals surface area contributed by atoms with Crippen molar-refractivity contribution < 1.29 is 4.74 Å². The third-order valence-corrected chi connectivity index (χ3v) is 4.58. The van der Waals surface area contributed by atoms with Crippen LogP contribution in [0.15, 0.2) is 18.2 Å². The Morgan fingerprint density at radius 3 is 2.57 bits per heavy atom. The first-order chi connectivity index (χ1) is 10.3. The Bertz CT molecular complexity index is 425. The Morgan fingerprint density at radius 2 is 1.95 bits per heavy atom. The first kappa shape index (κ1) is 16.3. The summed E-state index contributed by atoms with van der Waals surface area (Å²) in [6, 6.07) is 6.52. The Morgan fingerprint density at radius 1 is 1.19 bits per heavy atom. The molecule has 1 heterocycles. The van der Waals surface area contributed by atoms with Crippen molar-refractivity contribution in [1.82, 2.24) is 10.2 Å². The summed E-state index contributed by atoms with van der Waals surface area (Å²) in [7, 11) is 1.74. The minimum absolute atomic E-state index is 0.864. The van der Waals surface area contributed by atoms with E-state index in [2.05, 4.69) is 42.3 Å². The highest BCUT2D eigenvalue weighted by Gasteiger charge is 2.19. The predicted molar refractivity (Wildman–Crippen MR) is 88.9 cm³/mol. The maximum absolute atomic E-state index is 5.33. The molecule has 0 spiro atoms. The molecule has 1 aromatic carbocycles. The fraction of sp³-hybridized carbons (Fsp3) is 0.667. The lowest BCUT2D eigenvalue weighted by Crippen LogP contribution is -2.37. The van der Waals surface area contributed by atoms with Gasteiger partial charge in [0.25, 0.3) is 0 Å². The number of nitrogens with zero attached hydrogens (tertiary/aromatic N) is 1. The highest BCUT2D eigenvalue weighted by molar-refractivity contribution is 5.35. The van der Waals surface area contributed by atoms with Gasteiger partial charge in [-0.25, -0.2) is 0 Å². The summed E-state index contributed by atoms with van der Waals surface area (Å²) in [4.78, 5) is 2.60. The molecule has 1 saturated heterocycles. The number of aryl methyl sites for hydroxylation is 1. The highest BCUT2D eigenvalue weighted by Crippen LogP contribution is 2.23. The topological polar surface area (TPSA) is 24.5 Å². The molecule has 0 unspecified atom stereocenters. The largest absolute Gasteiger partial charge is 0.497 e. The van der Waals surface area contributed by atoms with Crippen LogP contribution in [0.5, 0.6) is 5.75 Å². The number of benzene rings is 1. The van der Waals surface area contributed by atoms with Crippen LogP contribution >= 0.6 is 0 Å². The van der Waals surface area contributed by atoms with Crippen LogP contribution in [0.2, 0.25) is 0 Å². The smallest absolute Gasteiger partial charge is 0.119 e. The standard InChI is InChI=1S/C18H30N2O/c1-4-16-12-18(21-3)7-6-17(16)14-20-10-8-15(9-11-20)13-19-5-2/h6-7,12,15,19H,4-5,8-11,13-14H2,1-3H3. The van der Waals surface area contributed by atoms with Crippen molar-refractivity contribution in [2.75, 3.05) is 33.3 Å². The molecular weight excluding hydrogens is 260 g/mol. The maximum Gasteiger partial charge on any atom is 0.119 e. The lowest BCUT2D eigenvalue weighted by Gasteiger charge is -2.32. The van der Waals surface area contributed by atoms with Gasteiger partial charge in [-0.3, -0.25) is 4.90 Å². The van der Waals surface area contributed by atoms with Crippen molar-refractivity contribution in [3.05, 3.63) is 29.3 Å². The van der Waals surface area contributed by atoms with Gasteiger partial charge in [-0.2, -0.15) is 0 Å².